The lowest BCUT2D eigenvalue weighted by molar-refractivity contribution is 1.24. The second kappa shape index (κ2) is 6.09. The quantitative estimate of drug-likeness (QED) is 0.403. The van der Waals surface area contributed by atoms with Gasteiger partial charge in [0.15, 0.2) is 0 Å². The van der Waals surface area contributed by atoms with Crippen LogP contribution in [0, 0.1) is 0 Å². The van der Waals surface area contributed by atoms with E-state index in [1.54, 1.807) is 0 Å². The highest BCUT2D eigenvalue weighted by Gasteiger charge is 1.72. The van der Waals surface area contributed by atoms with Gasteiger partial charge < -0.3 is 0 Å². The van der Waals surface area contributed by atoms with Crippen molar-refractivity contribution in [3.63, 3.8) is 0 Å². The molecule has 7 heavy (non-hydrogen) atoms. The Morgan fingerprint density at radius 3 is 2.71 bits per heavy atom. The first kappa shape index (κ1) is 7.09. The first-order valence-corrected chi connectivity index (χ1v) is 3.91. The molecule has 0 radical (unpaired) electrons. The molecule has 0 aromatic carbocycles. The van der Waals surface area contributed by atoms with E-state index in [1.165, 1.54) is 12.2 Å². The summed E-state index contributed by atoms with van der Waals surface area (Å²) in [5, 5.41) is 0. The molecule has 0 amide bonds. The molecule has 0 aliphatic rings. The summed E-state index contributed by atoms with van der Waals surface area (Å²) in [6.45, 7) is 2.06. The molecule has 0 rings (SSSR count). The van der Waals surface area contributed by atoms with E-state index >= 15 is 0 Å². The Morgan fingerprint density at radius 2 is 2.29 bits per heavy atom. The van der Waals surface area contributed by atoms with Crippen LogP contribution in [0.25, 0.3) is 0 Å². The van der Waals surface area contributed by atoms with E-state index in [0.717, 1.165) is 0 Å². The predicted octanol–water partition coefficient (Wildman–Crippen LogP) is 2.32. The van der Waals surface area contributed by atoms with E-state index in [2.05, 4.69) is 25.3 Å². The molecule has 0 bridgehead atoms. The highest BCUT2D eigenvalue weighted by Crippen LogP contribution is 1.94. The van der Waals surface area contributed by atoms with Gasteiger partial charge >= 0.3 is 0 Å². The minimum atomic E-state index is 1.22. The Hall–Kier alpha value is 0.0900. The average molecular weight is 116 g/mol. The first-order valence-electron chi connectivity index (χ1n) is 2.52. The molecule has 0 aliphatic carbocycles. The zero-order valence-corrected chi connectivity index (χ0v) is 5.79. The lowest BCUT2D eigenvalue weighted by Crippen LogP contribution is -1.68. The van der Waals surface area contributed by atoms with E-state index in [0.29, 0.717) is 0 Å². The summed E-state index contributed by atoms with van der Waals surface area (Å²) in [5.74, 6) is 1.25. The number of thioether (sulfide) groups is 1. The molecule has 0 N–H and O–H groups in total. The van der Waals surface area contributed by atoms with Crippen LogP contribution in [0.5, 0.6) is 0 Å². The third-order valence-corrected chi connectivity index (χ3v) is 1.37. The summed E-state index contributed by atoms with van der Waals surface area (Å²) in [6.07, 6.45) is 7.63. The zero-order valence-electron chi connectivity index (χ0n) is 4.98. The van der Waals surface area contributed by atoms with Crippen LogP contribution in [-0.2, 0) is 0 Å². The molecule has 0 aliphatic heterocycles. The van der Waals surface area contributed by atoms with Gasteiger partial charge in [-0.3, -0.25) is 0 Å². The molecule has 0 fully saturated rings. The van der Waals surface area contributed by atoms with Crippen molar-refractivity contribution in [3.8, 4) is 0 Å². The molecule has 0 spiro atoms. The van der Waals surface area contributed by atoms with Crippen LogP contribution in [0.1, 0.15) is 13.3 Å². The summed E-state index contributed by atoms with van der Waals surface area (Å²) in [7, 11) is 0. The maximum absolute atomic E-state index is 2.19. The van der Waals surface area contributed by atoms with Gasteiger partial charge in [0.25, 0.3) is 0 Å². The molecule has 0 aromatic heterocycles. The average Bonchev–Trinajstić information content (AvgIpc) is 1.69. The fourth-order valence-electron chi connectivity index (χ4n) is 0.353. The number of rotatable bonds is 3. The van der Waals surface area contributed by atoms with Gasteiger partial charge in [0.05, 0.1) is 0 Å². The van der Waals surface area contributed by atoms with Gasteiger partial charge in [-0.05, 0) is 25.4 Å². The van der Waals surface area contributed by atoms with E-state index < -0.39 is 0 Å². The monoisotopic (exact) mass is 116 g/mol. The Labute approximate surface area is 50.0 Å². The van der Waals surface area contributed by atoms with Crippen molar-refractivity contribution >= 4 is 11.8 Å². The minimum absolute atomic E-state index is 1.22. The second-order valence-electron chi connectivity index (χ2n) is 1.35. The molecular weight excluding hydrogens is 104 g/mol. The van der Waals surface area contributed by atoms with Gasteiger partial charge in [-0.1, -0.05) is 12.2 Å². The number of hydrogen-bond acceptors (Lipinski definition) is 1. The van der Waals surface area contributed by atoms with Crippen LogP contribution >= 0.6 is 11.8 Å². The normalized spacial score (nSPS) is 10.6. The zero-order chi connectivity index (χ0) is 5.54. The van der Waals surface area contributed by atoms with E-state index in [4.69, 9.17) is 0 Å². The number of allylic oxidation sites excluding steroid dienone is 2. The Morgan fingerprint density at radius 1 is 1.57 bits per heavy atom. The SMILES string of the molecule is CC=CCCSC. The Kier molecular flexibility index (Phi) is 6.17. The van der Waals surface area contributed by atoms with Crippen LogP contribution in [0.4, 0.5) is 0 Å². The van der Waals surface area contributed by atoms with Crippen LogP contribution in [0.3, 0.4) is 0 Å². The van der Waals surface area contributed by atoms with Gasteiger partial charge in [-0.2, -0.15) is 11.8 Å². The molecule has 42 valence electrons. The summed E-state index contributed by atoms with van der Waals surface area (Å²) in [6, 6.07) is 0. The largest absolute Gasteiger partial charge is 0.165 e. The topological polar surface area (TPSA) is 0 Å². The molecule has 0 aromatic rings. The van der Waals surface area contributed by atoms with Gasteiger partial charge in [0, 0.05) is 0 Å². The van der Waals surface area contributed by atoms with E-state index in [9.17, 15) is 0 Å². The van der Waals surface area contributed by atoms with E-state index in [-0.39, 0.29) is 0 Å². The van der Waals surface area contributed by atoms with Crippen molar-refractivity contribution in [3.05, 3.63) is 12.2 Å². The summed E-state index contributed by atoms with van der Waals surface area (Å²) in [5.41, 5.74) is 0. The molecule has 0 unspecified atom stereocenters. The summed E-state index contributed by atoms with van der Waals surface area (Å²) < 4.78 is 0. The Bertz CT molecular complexity index is 48.1. The molecule has 0 nitrogen and oxygen atoms in total. The molecule has 0 heterocycles. The van der Waals surface area contributed by atoms with Crippen molar-refractivity contribution in [2.24, 2.45) is 0 Å². The molecular formula is C6H12S. The van der Waals surface area contributed by atoms with Crippen LogP contribution in [0.15, 0.2) is 12.2 Å². The lowest BCUT2D eigenvalue weighted by atomic mass is 10.4. The number of hydrogen-bond donors (Lipinski definition) is 0. The highest BCUT2D eigenvalue weighted by atomic mass is 32.2. The fourth-order valence-corrected chi connectivity index (χ4v) is 0.724. The van der Waals surface area contributed by atoms with Gasteiger partial charge in [0.2, 0.25) is 0 Å². The van der Waals surface area contributed by atoms with Gasteiger partial charge in [-0.15, -0.1) is 0 Å². The van der Waals surface area contributed by atoms with Gasteiger partial charge in [0.1, 0.15) is 0 Å². The first-order chi connectivity index (χ1) is 3.41. The van der Waals surface area contributed by atoms with Crippen molar-refractivity contribution in [2.45, 2.75) is 13.3 Å². The third-order valence-electron chi connectivity index (χ3n) is 0.724. The predicted molar refractivity (Wildman–Crippen MR) is 37.8 cm³/mol. The maximum Gasteiger partial charge on any atom is -0.00357 e. The molecule has 0 atom stereocenters. The lowest BCUT2D eigenvalue weighted by Gasteiger charge is -1.84. The summed E-state index contributed by atoms with van der Waals surface area (Å²) >= 11 is 1.89. The molecule has 1 heteroatoms. The van der Waals surface area contributed by atoms with Crippen molar-refractivity contribution in [2.75, 3.05) is 12.0 Å². The summed E-state index contributed by atoms with van der Waals surface area (Å²) in [4.78, 5) is 0. The van der Waals surface area contributed by atoms with Crippen LogP contribution in [-0.4, -0.2) is 12.0 Å². The molecule has 0 saturated carbocycles. The van der Waals surface area contributed by atoms with Gasteiger partial charge in [-0.25, -0.2) is 0 Å². The Balaban J connectivity index is 2.69. The van der Waals surface area contributed by atoms with E-state index in [1.807, 2.05) is 11.8 Å². The smallest absolute Gasteiger partial charge is 0.00357 e. The fraction of sp³-hybridized carbons (Fsp3) is 0.667. The minimum Gasteiger partial charge on any atom is -0.165 e. The second-order valence-corrected chi connectivity index (χ2v) is 2.34. The highest BCUT2D eigenvalue weighted by molar-refractivity contribution is 7.98. The van der Waals surface area contributed by atoms with Crippen molar-refractivity contribution in [1.29, 1.82) is 0 Å². The van der Waals surface area contributed by atoms with Crippen molar-refractivity contribution in [1.82, 2.24) is 0 Å². The molecule has 0 saturated heterocycles. The standard InChI is InChI=1S/C6H12S/c1-3-4-5-6-7-2/h3-4H,5-6H2,1-2H3. The van der Waals surface area contributed by atoms with Crippen molar-refractivity contribution < 1.29 is 0 Å². The maximum atomic E-state index is 2.19. The third kappa shape index (κ3) is 6.09. The van der Waals surface area contributed by atoms with Crippen LogP contribution < -0.4 is 0 Å². The van der Waals surface area contributed by atoms with Crippen LogP contribution in [0.2, 0.25) is 0 Å².